The summed E-state index contributed by atoms with van der Waals surface area (Å²) in [6.07, 6.45) is 0. The maximum atomic E-state index is 13.9. The third kappa shape index (κ3) is 9.06. The van der Waals surface area contributed by atoms with Gasteiger partial charge in [-0.15, -0.1) is 0 Å². The van der Waals surface area contributed by atoms with Crippen molar-refractivity contribution in [1.82, 2.24) is 0 Å². The second kappa shape index (κ2) is 21.7. The molecule has 86 heavy (non-hydrogen) atoms. The van der Waals surface area contributed by atoms with E-state index in [1.165, 1.54) is 44.5 Å². The van der Waals surface area contributed by atoms with E-state index in [4.69, 9.17) is 18.9 Å². The lowest BCUT2D eigenvalue weighted by Crippen LogP contribution is -2.28. The number of hydrogen-bond acceptors (Lipinski definition) is 6. The molecule has 6 nitrogen and oxygen atoms in total. The van der Waals surface area contributed by atoms with Gasteiger partial charge in [-0.2, -0.15) is 0 Å². The lowest BCUT2D eigenvalue weighted by molar-refractivity contribution is 0.103. The Kier molecular flexibility index (Phi) is 13.4. The minimum absolute atomic E-state index is 0.0269. The molecular weight excluding hydrogens is 1060 g/mol. The standard InChI is InChI=1S/C80H58O6/c1-51-21-23-54(24-22-51)77(81)56-27-39-65(40-28-56)85-75-47-35-60(49-52(75)2)80(73-19-11-7-15-69(73)70-16-8-12-20-74(70)80)61-36-48-76(53(3)50-61)86-66-41-29-57(30-42-66)78(82)55-25-37-63(38-26-55)84-64-45-33-59(34-46-64)79(58-31-43-62(83-4)44-32-58)71-17-9-5-13-67(71)68-14-6-10-18-72(68)79/h5-50H,1-4H3. The van der Waals surface area contributed by atoms with Crippen molar-refractivity contribution < 1.29 is 28.5 Å². The Morgan fingerprint density at radius 2 is 0.570 bits per heavy atom. The van der Waals surface area contributed by atoms with E-state index >= 15 is 0 Å². The van der Waals surface area contributed by atoms with Crippen molar-refractivity contribution in [2.45, 2.75) is 31.6 Å². The number of benzene rings is 12. The molecule has 2 aliphatic rings. The summed E-state index contributed by atoms with van der Waals surface area (Å²) < 4.78 is 25.1. The molecule has 0 atom stereocenters. The Balaban J connectivity index is 0.683. The van der Waals surface area contributed by atoms with Crippen LogP contribution in [0.1, 0.15) is 93.0 Å². The molecule has 12 aromatic rings. The van der Waals surface area contributed by atoms with Crippen LogP contribution in [0, 0.1) is 20.8 Å². The maximum absolute atomic E-state index is 13.9. The number of ketones is 2. The molecule has 0 radical (unpaired) electrons. The molecule has 0 aliphatic heterocycles. The molecule has 6 heteroatoms. The van der Waals surface area contributed by atoms with Crippen molar-refractivity contribution >= 4 is 11.6 Å². The summed E-state index contributed by atoms with van der Waals surface area (Å²) in [5, 5.41) is 0. The molecule has 0 amide bonds. The first-order valence-corrected chi connectivity index (χ1v) is 29.0. The number of hydrogen-bond donors (Lipinski definition) is 0. The van der Waals surface area contributed by atoms with E-state index in [-0.39, 0.29) is 11.6 Å². The molecule has 0 saturated carbocycles. The maximum Gasteiger partial charge on any atom is 0.193 e. The average Bonchev–Trinajstić information content (AvgIpc) is 1.90. The van der Waals surface area contributed by atoms with Gasteiger partial charge < -0.3 is 18.9 Å². The fourth-order valence-electron chi connectivity index (χ4n) is 13.1. The first-order chi connectivity index (χ1) is 42.1. The second-order valence-electron chi connectivity index (χ2n) is 22.3. The van der Waals surface area contributed by atoms with Gasteiger partial charge in [0.05, 0.1) is 17.9 Å². The molecule has 2 aliphatic carbocycles. The van der Waals surface area contributed by atoms with Crippen molar-refractivity contribution in [2.24, 2.45) is 0 Å². The van der Waals surface area contributed by atoms with Crippen LogP contribution in [0.25, 0.3) is 22.3 Å². The smallest absolute Gasteiger partial charge is 0.193 e. The van der Waals surface area contributed by atoms with E-state index in [2.05, 4.69) is 172 Å². The zero-order valence-electron chi connectivity index (χ0n) is 48.0. The van der Waals surface area contributed by atoms with Crippen LogP contribution in [0.15, 0.2) is 279 Å². The van der Waals surface area contributed by atoms with Crippen LogP contribution in [0.3, 0.4) is 0 Å². The van der Waals surface area contributed by atoms with Gasteiger partial charge in [0.25, 0.3) is 0 Å². The molecule has 0 aromatic heterocycles. The normalized spacial score (nSPS) is 12.9. The zero-order chi connectivity index (χ0) is 58.5. The molecule has 12 aromatic carbocycles. The van der Waals surface area contributed by atoms with E-state index in [1.807, 2.05) is 128 Å². The first kappa shape index (κ1) is 53.2. The van der Waals surface area contributed by atoms with Gasteiger partial charge in [0.2, 0.25) is 0 Å². The van der Waals surface area contributed by atoms with E-state index < -0.39 is 10.8 Å². The van der Waals surface area contributed by atoms with Gasteiger partial charge >= 0.3 is 0 Å². The minimum atomic E-state index is -0.658. The Morgan fingerprint density at radius 1 is 0.291 bits per heavy atom. The number of methoxy groups -OCH3 is 1. The van der Waals surface area contributed by atoms with Crippen molar-refractivity contribution in [2.75, 3.05) is 7.11 Å². The van der Waals surface area contributed by atoms with Gasteiger partial charge in [-0.3, -0.25) is 9.59 Å². The molecule has 0 fully saturated rings. The van der Waals surface area contributed by atoms with Gasteiger partial charge in [0, 0.05) is 22.3 Å². The van der Waals surface area contributed by atoms with Crippen molar-refractivity contribution in [3.8, 4) is 62.5 Å². The predicted molar refractivity (Wildman–Crippen MR) is 341 cm³/mol. The Hall–Kier alpha value is -10.8. The van der Waals surface area contributed by atoms with Crippen LogP contribution in [-0.2, 0) is 10.8 Å². The second-order valence-corrected chi connectivity index (χ2v) is 22.3. The molecule has 0 unspecified atom stereocenters. The first-order valence-electron chi connectivity index (χ1n) is 29.0. The summed E-state index contributed by atoms with van der Waals surface area (Å²) in [6.45, 7) is 6.17. The highest BCUT2D eigenvalue weighted by Crippen LogP contribution is 2.58. The highest BCUT2D eigenvalue weighted by atomic mass is 16.5. The van der Waals surface area contributed by atoms with Gasteiger partial charge in [-0.05, 0) is 208 Å². The summed E-state index contributed by atoms with van der Waals surface area (Å²) >= 11 is 0. The summed E-state index contributed by atoms with van der Waals surface area (Å²) in [5.74, 6) is 4.70. The SMILES string of the molecule is COc1ccc(C2(c3ccc(Oc4ccc(C(=O)c5ccc(Oc6ccc(C7(c8ccc(Oc9ccc(C(=O)c%10ccc(C)cc%10)cc9)c(C)c8)c8ccccc8-c8ccccc87)cc6C)cc5)cc4)cc3)c3ccccc3-c3ccccc32)cc1. The van der Waals surface area contributed by atoms with E-state index in [0.29, 0.717) is 51.0 Å². The predicted octanol–water partition coefficient (Wildman–Crippen LogP) is 19.2. The number of carbonyl (C=O) groups is 2. The Labute approximate surface area is 501 Å². The molecule has 14 rings (SSSR count). The molecule has 0 spiro atoms. The van der Waals surface area contributed by atoms with E-state index in [0.717, 1.165) is 50.4 Å². The van der Waals surface area contributed by atoms with Crippen molar-refractivity contribution in [1.29, 1.82) is 0 Å². The highest BCUT2D eigenvalue weighted by molar-refractivity contribution is 6.09. The van der Waals surface area contributed by atoms with Gasteiger partial charge in [0.1, 0.15) is 40.2 Å². The quantitative estimate of drug-likeness (QED) is 0.0953. The fourth-order valence-corrected chi connectivity index (χ4v) is 13.1. The van der Waals surface area contributed by atoms with Crippen molar-refractivity contribution in [3.63, 3.8) is 0 Å². The number of carbonyl (C=O) groups excluding carboxylic acids is 2. The fraction of sp³-hybridized carbons (Fsp3) is 0.0750. The summed E-state index contributed by atoms with van der Waals surface area (Å²) in [6, 6.07) is 94.0. The Morgan fingerprint density at radius 3 is 0.907 bits per heavy atom. The number of aryl methyl sites for hydroxylation is 3. The average molecular weight is 1120 g/mol. The highest BCUT2D eigenvalue weighted by Gasteiger charge is 2.47. The molecule has 414 valence electrons. The number of fused-ring (bicyclic) bond motifs is 6. The summed E-state index contributed by atoms with van der Waals surface area (Å²) in [7, 11) is 1.69. The molecule has 0 heterocycles. The number of rotatable bonds is 15. The van der Waals surface area contributed by atoms with Gasteiger partial charge in [-0.1, -0.05) is 175 Å². The molecule has 0 saturated heterocycles. The topological polar surface area (TPSA) is 71.1 Å². The van der Waals surface area contributed by atoms with E-state index in [1.54, 1.807) is 7.11 Å². The minimum Gasteiger partial charge on any atom is -0.497 e. The largest absolute Gasteiger partial charge is 0.497 e. The lowest BCUT2D eigenvalue weighted by Gasteiger charge is -2.34. The van der Waals surface area contributed by atoms with Crippen LogP contribution in [0.4, 0.5) is 0 Å². The van der Waals surface area contributed by atoms with Gasteiger partial charge in [0.15, 0.2) is 11.6 Å². The van der Waals surface area contributed by atoms with Crippen LogP contribution in [-0.4, -0.2) is 18.7 Å². The summed E-state index contributed by atoms with van der Waals surface area (Å²) in [5.41, 5.74) is 18.4. The molecule has 0 bridgehead atoms. The molecular formula is C80H58O6. The zero-order valence-corrected chi connectivity index (χ0v) is 48.0. The van der Waals surface area contributed by atoms with Crippen LogP contribution in [0.5, 0.6) is 40.2 Å². The van der Waals surface area contributed by atoms with E-state index in [9.17, 15) is 9.59 Å². The van der Waals surface area contributed by atoms with Crippen LogP contribution in [0.2, 0.25) is 0 Å². The van der Waals surface area contributed by atoms with Crippen LogP contribution < -0.4 is 18.9 Å². The third-order valence-electron chi connectivity index (χ3n) is 17.3. The van der Waals surface area contributed by atoms with Crippen molar-refractivity contribution in [3.05, 3.63) is 363 Å². The lowest BCUT2D eigenvalue weighted by atomic mass is 9.67. The van der Waals surface area contributed by atoms with Gasteiger partial charge in [-0.25, -0.2) is 0 Å². The monoisotopic (exact) mass is 1110 g/mol. The Bertz CT molecular complexity index is 4470. The molecule has 0 N–H and O–H groups in total. The summed E-state index contributed by atoms with van der Waals surface area (Å²) in [4.78, 5) is 27.2. The number of ether oxygens (including phenoxy) is 4. The van der Waals surface area contributed by atoms with Crippen LogP contribution >= 0.6 is 0 Å². The third-order valence-corrected chi connectivity index (χ3v) is 17.3.